The van der Waals surface area contributed by atoms with E-state index in [2.05, 4.69) is 5.32 Å². The van der Waals surface area contributed by atoms with E-state index in [1.807, 2.05) is 13.8 Å². The number of likely N-dealkylation sites (N-methyl/N-ethyl adjacent to an activating group) is 1. The quantitative estimate of drug-likeness (QED) is 0.673. The summed E-state index contributed by atoms with van der Waals surface area (Å²) in [7, 11) is 0. The maximum Gasteiger partial charge on any atom is 0.331 e. The second-order valence-electron chi connectivity index (χ2n) is 3.80. The number of nitrogens with zero attached hydrogens (tertiary/aromatic N) is 1. The third kappa shape index (κ3) is 4.57. The molecule has 2 amide bonds. The Balaban J connectivity index is 4.49. The van der Waals surface area contributed by atoms with Crippen molar-refractivity contribution in [3.05, 3.63) is 11.1 Å². The molecule has 2 N–H and O–H groups in total. The molecule has 102 valence electrons. The molecule has 0 heterocycles. The predicted molar refractivity (Wildman–Crippen MR) is 66.9 cm³/mol. The summed E-state index contributed by atoms with van der Waals surface area (Å²) in [6.45, 7) is 7.50. The zero-order valence-electron chi connectivity index (χ0n) is 11.2. The summed E-state index contributed by atoms with van der Waals surface area (Å²) in [6.07, 6.45) is 0. The Morgan fingerprint density at radius 3 is 1.94 bits per heavy atom. The molecule has 6 nitrogen and oxygen atoms in total. The van der Waals surface area contributed by atoms with E-state index in [9.17, 15) is 14.4 Å². The van der Waals surface area contributed by atoms with Crippen molar-refractivity contribution < 1.29 is 19.5 Å². The van der Waals surface area contributed by atoms with Gasteiger partial charge in [0.15, 0.2) is 0 Å². The van der Waals surface area contributed by atoms with Gasteiger partial charge in [0.1, 0.15) is 0 Å². The van der Waals surface area contributed by atoms with Crippen molar-refractivity contribution in [3.8, 4) is 0 Å². The Morgan fingerprint density at radius 2 is 1.56 bits per heavy atom. The van der Waals surface area contributed by atoms with Crippen LogP contribution in [0.5, 0.6) is 0 Å². The topological polar surface area (TPSA) is 86.7 Å². The number of nitrogens with one attached hydrogen (secondary N) is 1. The molecule has 0 atom stereocenters. The van der Waals surface area contributed by atoms with Crippen molar-refractivity contribution in [2.24, 2.45) is 0 Å². The monoisotopic (exact) mass is 256 g/mol. The van der Waals surface area contributed by atoms with Gasteiger partial charge in [-0.1, -0.05) is 0 Å². The highest BCUT2D eigenvalue weighted by Gasteiger charge is 2.15. The third-order valence-electron chi connectivity index (χ3n) is 2.74. The van der Waals surface area contributed by atoms with Crippen LogP contribution in [0.4, 0.5) is 0 Å². The minimum atomic E-state index is -1.14. The van der Waals surface area contributed by atoms with Gasteiger partial charge in [0.2, 0.25) is 11.8 Å². The average Bonchev–Trinajstić information content (AvgIpc) is 2.35. The fourth-order valence-electron chi connectivity index (χ4n) is 1.31. The van der Waals surface area contributed by atoms with Crippen molar-refractivity contribution in [1.82, 2.24) is 10.2 Å². The van der Waals surface area contributed by atoms with E-state index in [1.165, 1.54) is 13.8 Å². The molecule has 0 aliphatic carbocycles. The number of hydrogen-bond acceptors (Lipinski definition) is 3. The van der Waals surface area contributed by atoms with E-state index in [1.54, 1.807) is 4.90 Å². The molecule has 0 rings (SSSR count). The molecule has 0 radical (unpaired) electrons. The molecule has 18 heavy (non-hydrogen) atoms. The van der Waals surface area contributed by atoms with Gasteiger partial charge in [0, 0.05) is 24.2 Å². The zero-order chi connectivity index (χ0) is 14.3. The Morgan fingerprint density at radius 1 is 1.06 bits per heavy atom. The number of carbonyl (C=O) groups excluding carboxylic acids is 2. The number of carbonyl (C=O) groups is 3. The molecule has 0 saturated carbocycles. The van der Waals surface area contributed by atoms with Gasteiger partial charge in [-0.15, -0.1) is 0 Å². The summed E-state index contributed by atoms with van der Waals surface area (Å²) in [4.78, 5) is 35.5. The summed E-state index contributed by atoms with van der Waals surface area (Å²) in [6, 6.07) is 0. The van der Waals surface area contributed by atoms with Crippen LogP contribution in [0.25, 0.3) is 0 Å². The number of carboxylic acids is 1. The van der Waals surface area contributed by atoms with E-state index >= 15 is 0 Å². The van der Waals surface area contributed by atoms with Crippen LogP contribution in [0, 0.1) is 0 Å². The molecule has 0 bridgehead atoms. The maximum atomic E-state index is 11.6. The molecule has 0 aromatic rings. The normalized spacial score (nSPS) is 11.6. The second-order valence-corrected chi connectivity index (χ2v) is 3.80. The number of aliphatic carboxylic acids is 1. The zero-order valence-corrected chi connectivity index (χ0v) is 11.2. The minimum absolute atomic E-state index is 0.0252. The molecular formula is C12H20N2O4. The predicted octanol–water partition coefficient (Wildman–Crippen LogP) is 0.392. The van der Waals surface area contributed by atoms with Crippen LogP contribution >= 0.6 is 0 Å². The highest BCUT2D eigenvalue weighted by molar-refractivity contribution is 6.02. The molecule has 0 aliphatic rings. The largest absolute Gasteiger partial charge is 0.478 e. The Bertz CT molecular complexity index is 370. The van der Waals surface area contributed by atoms with Gasteiger partial charge in [0.25, 0.3) is 0 Å². The SMILES string of the molecule is CCN(CC)C(=O)CNC(=O)C(C)=C(C)C(=O)O. The van der Waals surface area contributed by atoms with E-state index in [-0.39, 0.29) is 23.6 Å². The standard InChI is InChI=1S/C12H20N2O4/c1-5-14(6-2)10(15)7-13-11(16)8(3)9(4)12(17)18/h5-7H2,1-4H3,(H,13,16)(H,17,18). The van der Waals surface area contributed by atoms with Gasteiger partial charge in [-0.2, -0.15) is 0 Å². The van der Waals surface area contributed by atoms with Crippen molar-refractivity contribution in [2.75, 3.05) is 19.6 Å². The smallest absolute Gasteiger partial charge is 0.331 e. The second kappa shape index (κ2) is 7.47. The number of amides is 2. The molecule has 0 unspecified atom stereocenters. The van der Waals surface area contributed by atoms with Crippen LogP contribution in [0.15, 0.2) is 11.1 Å². The Hall–Kier alpha value is -1.85. The van der Waals surface area contributed by atoms with Crippen molar-refractivity contribution >= 4 is 17.8 Å². The van der Waals surface area contributed by atoms with Crippen LogP contribution in [0.2, 0.25) is 0 Å². The summed E-state index contributed by atoms with van der Waals surface area (Å²) in [5.74, 6) is -1.86. The van der Waals surface area contributed by atoms with Crippen molar-refractivity contribution in [3.63, 3.8) is 0 Å². The first kappa shape index (κ1) is 16.1. The minimum Gasteiger partial charge on any atom is -0.478 e. The lowest BCUT2D eigenvalue weighted by molar-refractivity contribution is -0.133. The molecule has 6 heteroatoms. The molecule has 0 aliphatic heterocycles. The molecular weight excluding hydrogens is 236 g/mol. The number of rotatable bonds is 6. The summed E-state index contributed by atoms with van der Waals surface area (Å²) < 4.78 is 0. The van der Waals surface area contributed by atoms with Crippen molar-refractivity contribution in [2.45, 2.75) is 27.7 Å². The van der Waals surface area contributed by atoms with E-state index in [4.69, 9.17) is 5.11 Å². The molecule has 0 fully saturated rings. The Kier molecular flexibility index (Phi) is 6.70. The maximum absolute atomic E-state index is 11.6. The summed E-state index contributed by atoms with van der Waals surface area (Å²) >= 11 is 0. The first-order valence-corrected chi connectivity index (χ1v) is 5.81. The fourth-order valence-corrected chi connectivity index (χ4v) is 1.31. The fraction of sp³-hybridized carbons (Fsp3) is 0.583. The highest BCUT2D eigenvalue weighted by atomic mass is 16.4. The van der Waals surface area contributed by atoms with Gasteiger partial charge in [-0.25, -0.2) is 4.79 Å². The number of hydrogen-bond donors (Lipinski definition) is 2. The van der Waals surface area contributed by atoms with Crippen molar-refractivity contribution in [1.29, 1.82) is 0 Å². The van der Waals surface area contributed by atoms with E-state index < -0.39 is 11.9 Å². The van der Waals surface area contributed by atoms with E-state index in [0.29, 0.717) is 13.1 Å². The van der Waals surface area contributed by atoms with Gasteiger partial charge in [0.05, 0.1) is 6.54 Å². The van der Waals surface area contributed by atoms with Gasteiger partial charge < -0.3 is 15.3 Å². The third-order valence-corrected chi connectivity index (χ3v) is 2.74. The first-order valence-electron chi connectivity index (χ1n) is 5.81. The number of carboxylic acid groups (broad SMARTS) is 1. The first-order chi connectivity index (χ1) is 8.34. The van der Waals surface area contributed by atoms with Gasteiger partial charge >= 0.3 is 5.97 Å². The van der Waals surface area contributed by atoms with E-state index in [0.717, 1.165) is 0 Å². The lowest BCUT2D eigenvalue weighted by atomic mass is 10.1. The molecule has 0 spiro atoms. The van der Waals surface area contributed by atoms with Crippen LogP contribution in [-0.2, 0) is 14.4 Å². The van der Waals surface area contributed by atoms with Crippen LogP contribution in [0.1, 0.15) is 27.7 Å². The molecule has 0 aromatic carbocycles. The summed E-state index contributed by atoms with van der Waals surface area (Å²) in [5.41, 5.74) is 0.0811. The highest BCUT2D eigenvalue weighted by Crippen LogP contribution is 2.03. The van der Waals surface area contributed by atoms with Crippen LogP contribution in [-0.4, -0.2) is 47.4 Å². The summed E-state index contributed by atoms with van der Waals surface area (Å²) in [5, 5.41) is 11.1. The van der Waals surface area contributed by atoms with Crippen LogP contribution in [0.3, 0.4) is 0 Å². The van der Waals surface area contributed by atoms with Gasteiger partial charge in [-0.05, 0) is 27.7 Å². The molecule has 0 aromatic heterocycles. The lowest BCUT2D eigenvalue weighted by Gasteiger charge is -2.18. The molecule has 0 saturated heterocycles. The Labute approximate surface area is 107 Å². The average molecular weight is 256 g/mol. The van der Waals surface area contributed by atoms with Crippen LogP contribution < -0.4 is 5.32 Å². The van der Waals surface area contributed by atoms with Gasteiger partial charge in [-0.3, -0.25) is 9.59 Å². The lowest BCUT2D eigenvalue weighted by Crippen LogP contribution is -2.40.